The summed E-state index contributed by atoms with van der Waals surface area (Å²) in [6.07, 6.45) is 2.17. The van der Waals surface area contributed by atoms with Crippen molar-refractivity contribution in [3.8, 4) is 5.75 Å². The molecule has 1 heterocycles. The quantitative estimate of drug-likeness (QED) is 0.774. The third-order valence-electron chi connectivity index (χ3n) is 6.22. The molecule has 6 nitrogen and oxygen atoms in total. The van der Waals surface area contributed by atoms with Crippen molar-refractivity contribution in [3.63, 3.8) is 0 Å². The molecule has 0 atom stereocenters. The Balaban J connectivity index is 1.54. The number of hydrogen-bond acceptors (Lipinski definition) is 5. The van der Waals surface area contributed by atoms with Gasteiger partial charge in [0.15, 0.2) is 14.6 Å². The third kappa shape index (κ3) is 3.65. The van der Waals surface area contributed by atoms with Gasteiger partial charge in [-0.1, -0.05) is 24.4 Å². The molecule has 2 fully saturated rings. The van der Waals surface area contributed by atoms with E-state index in [0.29, 0.717) is 44.0 Å². The van der Waals surface area contributed by atoms with Gasteiger partial charge in [0.2, 0.25) is 5.91 Å². The number of piperazine rings is 1. The second-order valence-corrected chi connectivity index (χ2v) is 10.7. The highest BCUT2D eigenvalue weighted by atomic mass is 35.5. The van der Waals surface area contributed by atoms with Gasteiger partial charge in [-0.15, -0.1) is 0 Å². The lowest BCUT2D eigenvalue weighted by Gasteiger charge is -2.40. The van der Waals surface area contributed by atoms with Crippen molar-refractivity contribution in [2.24, 2.45) is 0 Å². The van der Waals surface area contributed by atoms with Gasteiger partial charge in [-0.2, -0.15) is 0 Å². The highest BCUT2D eigenvalue weighted by Crippen LogP contribution is 2.42. The lowest BCUT2D eigenvalue weighted by atomic mass is 10.0. The Kier molecular flexibility index (Phi) is 5.68. The molecule has 1 amide bonds. The molecule has 160 valence electrons. The lowest BCUT2D eigenvalue weighted by molar-refractivity contribution is -0.134. The molecule has 1 saturated heterocycles. The van der Waals surface area contributed by atoms with Crippen LogP contribution in [0.25, 0.3) is 0 Å². The van der Waals surface area contributed by atoms with Gasteiger partial charge in [-0.05, 0) is 61.4 Å². The maximum absolute atomic E-state index is 13.6. The summed E-state index contributed by atoms with van der Waals surface area (Å²) in [6.45, 7) is 2.18. The van der Waals surface area contributed by atoms with E-state index >= 15 is 0 Å². The van der Waals surface area contributed by atoms with Gasteiger partial charge in [0.1, 0.15) is 5.75 Å². The first-order valence-corrected chi connectivity index (χ1v) is 12.0. The summed E-state index contributed by atoms with van der Waals surface area (Å²) in [6, 6.07) is 13.1. The summed E-state index contributed by atoms with van der Waals surface area (Å²) < 4.78 is 25.7. The summed E-state index contributed by atoms with van der Waals surface area (Å²) in [5.41, 5.74) is 0.976. The van der Waals surface area contributed by atoms with Crippen LogP contribution in [0.15, 0.2) is 53.4 Å². The highest BCUT2D eigenvalue weighted by molar-refractivity contribution is 7.93. The molecule has 2 aromatic carbocycles. The zero-order valence-corrected chi connectivity index (χ0v) is 18.2. The minimum atomic E-state index is -3.83. The van der Waals surface area contributed by atoms with Crippen LogP contribution in [0.4, 0.5) is 5.69 Å². The molecule has 4 rings (SSSR count). The molecule has 0 spiro atoms. The smallest absolute Gasteiger partial charge is 0.244 e. The van der Waals surface area contributed by atoms with E-state index < -0.39 is 14.6 Å². The average molecular weight is 449 g/mol. The number of rotatable bonds is 4. The van der Waals surface area contributed by atoms with Gasteiger partial charge in [0.05, 0.1) is 4.90 Å². The van der Waals surface area contributed by atoms with Gasteiger partial charge in [0.25, 0.3) is 0 Å². The molecule has 1 N–H and O–H groups in total. The molecule has 1 aliphatic heterocycles. The van der Waals surface area contributed by atoms with E-state index in [2.05, 4.69) is 4.90 Å². The van der Waals surface area contributed by atoms with Crippen LogP contribution in [0.1, 0.15) is 25.7 Å². The van der Waals surface area contributed by atoms with E-state index in [9.17, 15) is 18.3 Å². The Hall–Kier alpha value is -2.25. The Morgan fingerprint density at radius 1 is 0.900 bits per heavy atom. The molecule has 8 heteroatoms. The molecule has 0 radical (unpaired) electrons. The Morgan fingerprint density at radius 2 is 1.47 bits per heavy atom. The molecule has 2 aliphatic rings. The van der Waals surface area contributed by atoms with Crippen molar-refractivity contribution in [1.82, 2.24) is 4.90 Å². The van der Waals surface area contributed by atoms with Crippen LogP contribution >= 0.6 is 11.6 Å². The number of phenols is 1. The summed E-state index contributed by atoms with van der Waals surface area (Å²) in [5, 5.41) is 9.93. The van der Waals surface area contributed by atoms with E-state index in [0.717, 1.165) is 18.5 Å². The Bertz CT molecular complexity index is 1010. The monoisotopic (exact) mass is 448 g/mol. The fourth-order valence-electron chi connectivity index (χ4n) is 4.50. The van der Waals surface area contributed by atoms with Crippen molar-refractivity contribution in [3.05, 3.63) is 53.6 Å². The van der Waals surface area contributed by atoms with Crippen LogP contribution in [0, 0.1) is 0 Å². The molecular weight excluding hydrogens is 424 g/mol. The number of benzene rings is 2. The normalized spacial score (nSPS) is 19.1. The number of carbonyl (C=O) groups is 1. The summed E-state index contributed by atoms with van der Waals surface area (Å²) in [4.78, 5) is 17.6. The largest absolute Gasteiger partial charge is 0.508 e. The van der Waals surface area contributed by atoms with E-state index in [1.165, 1.54) is 12.1 Å². The molecule has 1 saturated carbocycles. The van der Waals surface area contributed by atoms with Crippen LogP contribution in [-0.4, -0.2) is 55.3 Å². The molecule has 0 bridgehead atoms. The number of nitrogens with zero attached hydrogens (tertiary/aromatic N) is 2. The SMILES string of the molecule is O=C(N1CCN(c2ccc(O)cc2)CC1)C1(S(=O)(=O)c2ccc(Cl)cc2)CCCC1. The van der Waals surface area contributed by atoms with Crippen LogP contribution in [0.3, 0.4) is 0 Å². The number of halogens is 1. The minimum absolute atomic E-state index is 0.157. The van der Waals surface area contributed by atoms with Gasteiger partial charge < -0.3 is 14.9 Å². The molecule has 0 aromatic heterocycles. The molecule has 2 aromatic rings. The van der Waals surface area contributed by atoms with E-state index in [4.69, 9.17) is 11.6 Å². The predicted molar refractivity (Wildman–Crippen MR) is 117 cm³/mol. The maximum Gasteiger partial charge on any atom is 0.244 e. The number of sulfone groups is 1. The third-order valence-corrected chi connectivity index (χ3v) is 8.98. The first-order valence-electron chi connectivity index (χ1n) is 10.2. The van der Waals surface area contributed by atoms with E-state index in [-0.39, 0.29) is 16.6 Å². The zero-order valence-electron chi connectivity index (χ0n) is 16.6. The molecule has 30 heavy (non-hydrogen) atoms. The van der Waals surface area contributed by atoms with Crippen LogP contribution in [0.5, 0.6) is 5.75 Å². The van der Waals surface area contributed by atoms with Gasteiger partial charge in [-0.25, -0.2) is 8.42 Å². The Morgan fingerprint density at radius 3 is 2.03 bits per heavy atom. The maximum atomic E-state index is 13.6. The molecule has 1 aliphatic carbocycles. The van der Waals surface area contributed by atoms with Crippen LogP contribution in [0.2, 0.25) is 5.02 Å². The summed E-state index contributed by atoms with van der Waals surface area (Å²) in [5.74, 6) is -0.0662. The molecule has 0 unspecified atom stereocenters. The predicted octanol–water partition coefficient (Wildman–Crippen LogP) is 3.48. The second kappa shape index (κ2) is 8.12. The van der Waals surface area contributed by atoms with Crippen molar-refractivity contribution in [2.75, 3.05) is 31.1 Å². The van der Waals surface area contributed by atoms with Gasteiger partial charge in [0, 0.05) is 36.9 Å². The topological polar surface area (TPSA) is 77.9 Å². The van der Waals surface area contributed by atoms with Crippen LogP contribution in [-0.2, 0) is 14.6 Å². The first-order chi connectivity index (χ1) is 14.3. The summed E-state index contributed by atoms with van der Waals surface area (Å²) >= 11 is 5.92. The number of anilines is 1. The lowest BCUT2D eigenvalue weighted by Crippen LogP contribution is -2.57. The van der Waals surface area contributed by atoms with Crippen molar-refractivity contribution in [2.45, 2.75) is 35.3 Å². The molecular formula is C22H25ClN2O4S. The Labute approximate surface area is 182 Å². The number of amides is 1. The van der Waals surface area contributed by atoms with E-state index in [1.54, 1.807) is 29.2 Å². The number of hydrogen-bond donors (Lipinski definition) is 1. The second-order valence-electron chi connectivity index (χ2n) is 7.95. The fourth-order valence-corrected chi connectivity index (χ4v) is 6.76. The average Bonchev–Trinajstić information content (AvgIpc) is 3.26. The standard InChI is InChI=1S/C22H25ClN2O4S/c23-17-3-9-20(10-4-17)30(28,29)22(11-1-2-12-22)21(27)25-15-13-24(14-16-25)18-5-7-19(26)8-6-18/h3-10,26H,1-2,11-16H2. The van der Waals surface area contributed by atoms with Crippen molar-refractivity contribution in [1.29, 1.82) is 0 Å². The van der Waals surface area contributed by atoms with Crippen molar-refractivity contribution >= 4 is 33.0 Å². The van der Waals surface area contributed by atoms with Gasteiger partial charge in [-0.3, -0.25) is 4.79 Å². The van der Waals surface area contributed by atoms with E-state index in [1.807, 2.05) is 12.1 Å². The summed E-state index contributed by atoms with van der Waals surface area (Å²) in [7, 11) is -3.83. The number of phenolic OH excluding ortho intramolecular Hbond substituents is 1. The first kappa shape index (κ1) is 21.0. The van der Waals surface area contributed by atoms with Gasteiger partial charge >= 0.3 is 0 Å². The minimum Gasteiger partial charge on any atom is -0.508 e. The zero-order chi connectivity index (χ0) is 21.4. The fraction of sp³-hybridized carbons (Fsp3) is 0.409. The highest BCUT2D eigenvalue weighted by Gasteiger charge is 2.54. The number of carbonyl (C=O) groups excluding carboxylic acids is 1. The van der Waals surface area contributed by atoms with Crippen LogP contribution < -0.4 is 4.90 Å². The van der Waals surface area contributed by atoms with Crippen molar-refractivity contribution < 1.29 is 18.3 Å². The number of aromatic hydroxyl groups is 1.